The van der Waals surface area contributed by atoms with E-state index in [0.717, 1.165) is 0 Å². The van der Waals surface area contributed by atoms with E-state index in [9.17, 15) is 4.79 Å². The molecule has 0 fully saturated rings. The zero-order chi connectivity index (χ0) is 13.0. The lowest BCUT2D eigenvalue weighted by molar-refractivity contribution is 0.0695. The van der Waals surface area contributed by atoms with Crippen molar-refractivity contribution in [3.63, 3.8) is 0 Å². The van der Waals surface area contributed by atoms with Crippen LogP contribution in [-0.2, 0) is 6.42 Å². The minimum Gasteiger partial charge on any atom is -0.478 e. The zero-order valence-electron chi connectivity index (χ0n) is 9.62. The number of carbonyl (C=O) groups is 1. The molecule has 8 nitrogen and oxygen atoms in total. The molecule has 0 saturated heterocycles. The van der Waals surface area contributed by atoms with Crippen molar-refractivity contribution in [2.75, 3.05) is 11.9 Å². The number of nitrogens with one attached hydrogen (secondary N) is 1. The second kappa shape index (κ2) is 5.21. The molecule has 94 valence electrons. The van der Waals surface area contributed by atoms with Gasteiger partial charge in [-0.25, -0.2) is 14.8 Å². The summed E-state index contributed by atoms with van der Waals surface area (Å²) in [6, 6.07) is 0. The van der Waals surface area contributed by atoms with Gasteiger partial charge in [-0.2, -0.15) is 4.98 Å². The normalized spacial score (nSPS) is 10.3. The van der Waals surface area contributed by atoms with Crippen LogP contribution in [0.15, 0.2) is 17.0 Å². The van der Waals surface area contributed by atoms with Crippen molar-refractivity contribution in [1.29, 1.82) is 0 Å². The first-order valence-electron chi connectivity index (χ1n) is 5.23. The summed E-state index contributed by atoms with van der Waals surface area (Å²) in [5.41, 5.74) is 0.509. The fraction of sp³-hybridized carbons (Fsp3) is 0.300. The van der Waals surface area contributed by atoms with Crippen molar-refractivity contribution in [3.8, 4) is 0 Å². The highest BCUT2D eigenvalue weighted by Gasteiger charge is 2.09. The second-order valence-electron chi connectivity index (χ2n) is 3.51. The van der Waals surface area contributed by atoms with Crippen LogP contribution in [0.2, 0.25) is 0 Å². The number of hydrogen-bond acceptors (Lipinski definition) is 7. The molecule has 8 heteroatoms. The van der Waals surface area contributed by atoms with Crippen molar-refractivity contribution in [2.45, 2.75) is 13.3 Å². The molecule has 0 aliphatic carbocycles. The Morgan fingerprint density at radius 2 is 2.33 bits per heavy atom. The number of aromatic carboxylic acids is 1. The van der Waals surface area contributed by atoms with E-state index in [1.807, 2.05) is 0 Å². The molecule has 0 saturated carbocycles. The summed E-state index contributed by atoms with van der Waals surface area (Å²) < 4.78 is 4.83. The number of carboxylic acid groups (broad SMARTS) is 1. The average Bonchev–Trinajstić information content (AvgIpc) is 2.81. The Kier molecular flexibility index (Phi) is 3.46. The minimum absolute atomic E-state index is 0.0949. The van der Waals surface area contributed by atoms with E-state index >= 15 is 0 Å². The molecular weight excluding hydrogens is 238 g/mol. The van der Waals surface area contributed by atoms with Gasteiger partial charge >= 0.3 is 5.97 Å². The molecule has 0 aliphatic heterocycles. The maximum absolute atomic E-state index is 10.8. The van der Waals surface area contributed by atoms with Crippen LogP contribution in [0.3, 0.4) is 0 Å². The van der Waals surface area contributed by atoms with Gasteiger partial charge in [-0.05, 0) is 6.92 Å². The molecule has 2 N–H and O–H groups in total. The molecule has 2 rings (SSSR count). The van der Waals surface area contributed by atoms with Crippen molar-refractivity contribution in [3.05, 3.63) is 29.7 Å². The summed E-state index contributed by atoms with van der Waals surface area (Å²) in [5, 5.41) is 15.3. The third-order valence-corrected chi connectivity index (χ3v) is 2.24. The fourth-order valence-electron chi connectivity index (χ4n) is 1.35. The molecule has 2 aromatic heterocycles. The molecular formula is C10H11N5O3. The van der Waals surface area contributed by atoms with Gasteiger partial charge in [-0.1, -0.05) is 5.16 Å². The molecule has 0 atom stereocenters. The molecule has 0 aliphatic rings. The van der Waals surface area contributed by atoms with Gasteiger partial charge < -0.3 is 14.9 Å². The monoisotopic (exact) mass is 249 g/mol. The molecule has 18 heavy (non-hydrogen) atoms. The fourth-order valence-corrected chi connectivity index (χ4v) is 1.35. The van der Waals surface area contributed by atoms with Crippen LogP contribution in [0.5, 0.6) is 0 Å². The number of aromatic nitrogens is 4. The molecule has 0 unspecified atom stereocenters. The molecule has 0 spiro atoms. The van der Waals surface area contributed by atoms with Gasteiger partial charge in [0.25, 0.3) is 0 Å². The van der Waals surface area contributed by atoms with E-state index in [4.69, 9.17) is 9.63 Å². The van der Waals surface area contributed by atoms with Gasteiger partial charge in [0.15, 0.2) is 6.33 Å². The lowest BCUT2D eigenvalue weighted by Crippen LogP contribution is -2.11. The number of nitrogens with zero attached hydrogens (tertiary/aromatic N) is 4. The first-order valence-corrected chi connectivity index (χ1v) is 5.23. The first-order chi connectivity index (χ1) is 8.66. The van der Waals surface area contributed by atoms with E-state index in [2.05, 4.69) is 25.4 Å². The molecule has 2 heterocycles. The van der Waals surface area contributed by atoms with Gasteiger partial charge in [0.05, 0.1) is 11.3 Å². The number of rotatable bonds is 5. The largest absolute Gasteiger partial charge is 0.478 e. The molecule has 0 bridgehead atoms. The van der Waals surface area contributed by atoms with Crippen molar-refractivity contribution in [2.24, 2.45) is 0 Å². The van der Waals surface area contributed by atoms with E-state index in [0.29, 0.717) is 30.5 Å². The van der Waals surface area contributed by atoms with E-state index in [1.165, 1.54) is 12.5 Å². The van der Waals surface area contributed by atoms with Crippen molar-refractivity contribution < 1.29 is 14.4 Å². The smallest absolute Gasteiger partial charge is 0.339 e. The maximum Gasteiger partial charge on any atom is 0.339 e. The van der Waals surface area contributed by atoms with Gasteiger partial charge in [-0.3, -0.25) is 0 Å². The van der Waals surface area contributed by atoms with Crippen LogP contribution in [0.25, 0.3) is 0 Å². The van der Waals surface area contributed by atoms with Crippen molar-refractivity contribution in [1.82, 2.24) is 20.1 Å². The van der Waals surface area contributed by atoms with Gasteiger partial charge in [0.2, 0.25) is 11.8 Å². The summed E-state index contributed by atoms with van der Waals surface area (Å²) in [6.45, 7) is 2.14. The Labute approximate surface area is 102 Å². The predicted molar refractivity (Wildman–Crippen MR) is 60.2 cm³/mol. The van der Waals surface area contributed by atoms with Crippen LogP contribution in [0, 0.1) is 6.92 Å². The number of aryl methyl sites for hydroxylation is 1. The predicted octanol–water partition coefficient (Wildman–Crippen LogP) is 0.521. The zero-order valence-corrected chi connectivity index (χ0v) is 9.62. The second-order valence-corrected chi connectivity index (χ2v) is 3.51. The summed E-state index contributed by atoms with van der Waals surface area (Å²) in [5.74, 6) is -0.150. The van der Waals surface area contributed by atoms with Gasteiger partial charge in [0, 0.05) is 19.2 Å². The Hall–Kier alpha value is -2.51. The summed E-state index contributed by atoms with van der Waals surface area (Å²) in [6.07, 6.45) is 3.15. The SMILES string of the molecule is Cc1nc(NCCc2ncno2)ncc1C(=O)O. The first kappa shape index (κ1) is 12.0. The third-order valence-electron chi connectivity index (χ3n) is 2.24. The van der Waals surface area contributed by atoms with E-state index in [1.54, 1.807) is 6.92 Å². The number of carboxylic acids is 1. The van der Waals surface area contributed by atoms with Crippen LogP contribution in [0.4, 0.5) is 5.95 Å². The van der Waals surface area contributed by atoms with Crippen LogP contribution >= 0.6 is 0 Å². The Balaban J connectivity index is 1.94. The molecule has 0 amide bonds. The lowest BCUT2D eigenvalue weighted by Gasteiger charge is -2.05. The molecule has 0 aromatic carbocycles. The van der Waals surface area contributed by atoms with Gasteiger partial charge in [-0.15, -0.1) is 0 Å². The summed E-state index contributed by atoms with van der Waals surface area (Å²) in [4.78, 5) is 22.6. The van der Waals surface area contributed by atoms with E-state index < -0.39 is 5.97 Å². The summed E-state index contributed by atoms with van der Waals surface area (Å²) >= 11 is 0. The highest BCUT2D eigenvalue weighted by molar-refractivity contribution is 5.88. The highest BCUT2D eigenvalue weighted by atomic mass is 16.5. The highest BCUT2D eigenvalue weighted by Crippen LogP contribution is 2.06. The van der Waals surface area contributed by atoms with E-state index in [-0.39, 0.29) is 5.56 Å². The number of hydrogen-bond donors (Lipinski definition) is 2. The maximum atomic E-state index is 10.8. The van der Waals surface area contributed by atoms with Crippen LogP contribution in [-0.4, -0.2) is 37.7 Å². The number of anilines is 1. The topological polar surface area (TPSA) is 114 Å². The standard InChI is InChI=1S/C10H11N5O3/c1-6-7(9(16)17)4-12-10(15-6)11-3-2-8-13-5-14-18-8/h4-5H,2-3H2,1H3,(H,16,17)(H,11,12,15). The van der Waals surface area contributed by atoms with Crippen LogP contribution < -0.4 is 5.32 Å². The van der Waals surface area contributed by atoms with Gasteiger partial charge in [0.1, 0.15) is 0 Å². The minimum atomic E-state index is -1.04. The molecule has 2 aromatic rings. The Morgan fingerprint density at radius 3 is 2.94 bits per heavy atom. The Morgan fingerprint density at radius 1 is 1.50 bits per heavy atom. The molecule has 0 radical (unpaired) electrons. The summed E-state index contributed by atoms with van der Waals surface area (Å²) in [7, 11) is 0. The average molecular weight is 249 g/mol. The van der Waals surface area contributed by atoms with Crippen LogP contribution in [0.1, 0.15) is 21.9 Å². The third kappa shape index (κ3) is 2.78. The Bertz CT molecular complexity index is 540. The lowest BCUT2D eigenvalue weighted by atomic mass is 10.2. The quantitative estimate of drug-likeness (QED) is 0.788. The van der Waals surface area contributed by atoms with Crippen molar-refractivity contribution >= 4 is 11.9 Å².